The molecule has 1 saturated carbocycles. The maximum atomic E-state index is 14.7. The molecule has 162 valence electrons. The summed E-state index contributed by atoms with van der Waals surface area (Å²) in [4.78, 5) is 20.7. The predicted molar refractivity (Wildman–Crippen MR) is 118 cm³/mol. The zero-order chi connectivity index (χ0) is 22.0. The second-order valence-corrected chi connectivity index (χ2v) is 7.66. The molecule has 1 fully saturated rings. The van der Waals surface area contributed by atoms with E-state index in [1.165, 1.54) is 0 Å². The van der Waals surface area contributed by atoms with Crippen LogP contribution in [0, 0.1) is 5.82 Å². The van der Waals surface area contributed by atoms with Crippen molar-refractivity contribution in [2.45, 2.75) is 37.8 Å². The lowest BCUT2D eigenvalue weighted by atomic mass is 9.91. The van der Waals surface area contributed by atoms with Crippen molar-refractivity contribution in [1.29, 1.82) is 0 Å². The molecule has 0 radical (unpaired) electrons. The van der Waals surface area contributed by atoms with Gasteiger partial charge in [0.15, 0.2) is 11.6 Å². The molecule has 2 heterocycles. The van der Waals surface area contributed by atoms with Gasteiger partial charge in [0.2, 0.25) is 5.88 Å². The van der Waals surface area contributed by atoms with Crippen LogP contribution >= 0.6 is 0 Å². The van der Waals surface area contributed by atoms with E-state index in [0.29, 0.717) is 17.1 Å². The maximum absolute atomic E-state index is 14.7. The number of hydrogen-bond acceptors (Lipinski definition) is 7. The van der Waals surface area contributed by atoms with E-state index < -0.39 is 11.7 Å². The third kappa shape index (κ3) is 4.51. The highest BCUT2D eigenvalue weighted by Crippen LogP contribution is 2.28. The molecule has 9 heteroatoms. The number of halogens is 1. The van der Waals surface area contributed by atoms with Crippen LogP contribution in [-0.4, -0.2) is 35.1 Å². The minimum Gasteiger partial charge on any atom is -0.481 e. The van der Waals surface area contributed by atoms with Gasteiger partial charge in [-0.25, -0.2) is 14.4 Å². The Morgan fingerprint density at radius 2 is 1.90 bits per heavy atom. The van der Waals surface area contributed by atoms with Crippen LogP contribution in [0.4, 0.5) is 21.7 Å². The lowest BCUT2D eigenvalue weighted by molar-refractivity contribution is 0.100. The molecule has 8 nitrogen and oxygen atoms in total. The fraction of sp³-hybridized carbons (Fsp3) is 0.318. The van der Waals surface area contributed by atoms with Crippen molar-refractivity contribution in [3.8, 4) is 5.88 Å². The first-order chi connectivity index (χ1) is 14.9. The van der Waals surface area contributed by atoms with Crippen LogP contribution in [0.25, 0.3) is 10.9 Å². The average Bonchev–Trinajstić information content (AvgIpc) is 2.76. The summed E-state index contributed by atoms with van der Waals surface area (Å²) in [5.74, 6) is -0.756. The number of fused-ring (bicyclic) bond motifs is 1. The Labute approximate surface area is 179 Å². The number of carbonyl (C=O) groups is 1. The third-order valence-corrected chi connectivity index (χ3v) is 5.52. The highest BCUT2D eigenvalue weighted by molar-refractivity contribution is 5.99. The molecule has 2 unspecified atom stereocenters. The molecule has 1 aliphatic carbocycles. The van der Waals surface area contributed by atoms with E-state index in [0.717, 1.165) is 37.1 Å². The first-order valence-corrected chi connectivity index (χ1v) is 10.2. The van der Waals surface area contributed by atoms with Gasteiger partial charge in [0.05, 0.1) is 18.2 Å². The van der Waals surface area contributed by atoms with Gasteiger partial charge in [0.25, 0.3) is 5.91 Å². The Balaban J connectivity index is 1.67. The number of nitrogens with zero attached hydrogens (tertiary/aromatic N) is 2. The first kappa shape index (κ1) is 20.8. The molecular weight excluding hydrogens is 399 g/mol. The van der Waals surface area contributed by atoms with E-state index in [-0.39, 0.29) is 29.3 Å². The topological polar surface area (TPSA) is 128 Å². The summed E-state index contributed by atoms with van der Waals surface area (Å²) in [5, 5.41) is 7.09. The number of nitrogens with two attached hydrogens (primary N) is 2. The van der Waals surface area contributed by atoms with Crippen molar-refractivity contribution >= 4 is 34.1 Å². The van der Waals surface area contributed by atoms with Gasteiger partial charge in [-0.1, -0.05) is 18.9 Å². The van der Waals surface area contributed by atoms with Gasteiger partial charge in [-0.2, -0.15) is 0 Å². The van der Waals surface area contributed by atoms with E-state index in [1.807, 2.05) is 18.2 Å². The summed E-state index contributed by atoms with van der Waals surface area (Å²) in [6.07, 6.45) is 3.78. The summed E-state index contributed by atoms with van der Waals surface area (Å²) in [6.45, 7) is 0. The van der Waals surface area contributed by atoms with Crippen LogP contribution in [0.3, 0.4) is 0 Å². The lowest BCUT2D eigenvalue weighted by Crippen LogP contribution is -2.43. The summed E-state index contributed by atoms with van der Waals surface area (Å²) >= 11 is 0. The Morgan fingerprint density at radius 1 is 1.13 bits per heavy atom. The number of aromatic nitrogens is 2. The monoisotopic (exact) mass is 424 g/mol. The first-order valence-electron chi connectivity index (χ1n) is 10.2. The Morgan fingerprint density at radius 3 is 2.65 bits per heavy atom. The van der Waals surface area contributed by atoms with Crippen LogP contribution in [0.5, 0.6) is 5.88 Å². The molecule has 1 amide bonds. The standard InChI is InChI=1S/C22H25FN6O2/c1-31-19-9-7-12-6-8-13(10-18(12)27-19)26-21-14(20(25)30)11-15(23)22(29-21)28-17-5-3-2-4-16(17)24/h6-11,16-17H,2-5,24H2,1H3,(H2,25,30)(H2,26,28,29). The highest BCUT2D eigenvalue weighted by Gasteiger charge is 2.24. The molecular formula is C22H25FN6O2. The number of pyridine rings is 2. The van der Waals surface area contributed by atoms with Crippen molar-refractivity contribution < 1.29 is 13.9 Å². The van der Waals surface area contributed by atoms with Crippen molar-refractivity contribution in [1.82, 2.24) is 9.97 Å². The van der Waals surface area contributed by atoms with Crippen molar-refractivity contribution in [2.24, 2.45) is 11.5 Å². The second kappa shape index (κ2) is 8.73. The molecule has 31 heavy (non-hydrogen) atoms. The molecule has 2 aromatic heterocycles. The number of hydrogen-bond donors (Lipinski definition) is 4. The van der Waals surface area contributed by atoms with Gasteiger partial charge >= 0.3 is 0 Å². The molecule has 0 aliphatic heterocycles. The number of benzene rings is 1. The van der Waals surface area contributed by atoms with Crippen LogP contribution in [-0.2, 0) is 0 Å². The zero-order valence-corrected chi connectivity index (χ0v) is 17.2. The molecule has 0 saturated heterocycles. The Kier molecular flexibility index (Phi) is 5.85. The lowest BCUT2D eigenvalue weighted by Gasteiger charge is -2.30. The summed E-state index contributed by atoms with van der Waals surface area (Å²) in [6, 6.07) is 10.1. The number of amides is 1. The van der Waals surface area contributed by atoms with E-state index in [1.54, 1.807) is 19.2 Å². The van der Waals surface area contributed by atoms with Crippen molar-refractivity contribution in [3.05, 3.63) is 47.8 Å². The van der Waals surface area contributed by atoms with Crippen molar-refractivity contribution in [2.75, 3.05) is 17.7 Å². The normalized spacial score (nSPS) is 18.5. The molecule has 1 aromatic carbocycles. The summed E-state index contributed by atoms with van der Waals surface area (Å²) < 4.78 is 19.9. The third-order valence-electron chi connectivity index (χ3n) is 5.52. The SMILES string of the molecule is COc1ccc2ccc(Nc3nc(NC4CCCCC4N)c(F)cc3C(N)=O)cc2n1. The zero-order valence-electron chi connectivity index (χ0n) is 17.2. The molecule has 1 aliphatic rings. The Hall–Kier alpha value is -3.46. The Bertz CT molecular complexity index is 1120. The van der Waals surface area contributed by atoms with E-state index in [9.17, 15) is 9.18 Å². The molecule has 0 spiro atoms. The summed E-state index contributed by atoms with van der Waals surface area (Å²) in [7, 11) is 1.55. The van der Waals surface area contributed by atoms with Gasteiger partial charge in [-0.05, 0) is 37.1 Å². The fourth-order valence-electron chi connectivity index (χ4n) is 3.81. The fourth-order valence-corrected chi connectivity index (χ4v) is 3.81. The predicted octanol–water partition coefficient (Wildman–Crippen LogP) is 3.30. The molecule has 4 rings (SSSR count). The number of methoxy groups -OCH3 is 1. The van der Waals surface area contributed by atoms with Gasteiger partial charge < -0.3 is 26.8 Å². The van der Waals surface area contributed by atoms with Crippen LogP contribution in [0.2, 0.25) is 0 Å². The quantitative estimate of drug-likeness (QED) is 0.478. The number of nitrogens with one attached hydrogen (secondary N) is 2. The molecule has 6 N–H and O–H groups in total. The smallest absolute Gasteiger partial charge is 0.252 e. The molecule has 3 aromatic rings. The number of ether oxygens (including phenoxy) is 1. The molecule has 2 atom stereocenters. The van der Waals surface area contributed by atoms with E-state index in [2.05, 4.69) is 20.6 Å². The average molecular weight is 424 g/mol. The molecule has 0 bridgehead atoms. The number of carbonyl (C=O) groups excluding carboxylic acids is 1. The number of rotatable bonds is 6. The summed E-state index contributed by atoms with van der Waals surface area (Å²) in [5.41, 5.74) is 12.9. The van der Waals surface area contributed by atoms with Gasteiger partial charge in [0.1, 0.15) is 5.82 Å². The largest absolute Gasteiger partial charge is 0.481 e. The van der Waals surface area contributed by atoms with Crippen LogP contribution in [0.1, 0.15) is 36.0 Å². The maximum Gasteiger partial charge on any atom is 0.252 e. The van der Waals surface area contributed by atoms with Crippen molar-refractivity contribution in [3.63, 3.8) is 0 Å². The van der Waals surface area contributed by atoms with E-state index in [4.69, 9.17) is 16.2 Å². The van der Waals surface area contributed by atoms with Crippen LogP contribution in [0.15, 0.2) is 36.4 Å². The minimum atomic E-state index is -0.782. The van der Waals surface area contributed by atoms with E-state index >= 15 is 0 Å². The van der Waals surface area contributed by atoms with Gasteiger partial charge in [-0.3, -0.25) is 4.79 Å². The number of anilines is 3. The minimum absolute atomic E-state index is 0.0374. The number of primary amides is 1. The van der Waals surface area contributed by atoms with Crippen LogP contribution < -0.4 is 26.8 Å². The van der Waals surface area contributed by atoms with Gasteiger partial charge in [-0.15, -0.1) is 0 Å². The highest BCUT2D eigenvalue weighted by atomic mass is 19.1. The second-order valence-electron chi connectivity index (χ2n) is 7.66. The van der Waals surface area contributed by atoms with Gasteiger partial charge in [0, 0.05) is 29.2 Å².